The Balaban J connectivity index is 1.66. The highest BCUT2D eigenvalue weighted by Gasteiger charge is 2.07. The third-order valence-electron chi connectivity index (χ3n) is 4.26. The molecule has 1 atom stereocenters. The molecule has 0 aliphatic carbocycles. The van der Waals surface area contributed by atoms with Crippen LogP contribution in [-0.2, 0) is 16.0 Å². The Bertz CT molecular complexity index is 699. The zero-order valence-corrected chi connectivity index (χ0v) is 15.3. The lowest BCUT2D eigenvalue weighted by molar-refractivity contribution is -0.130. The lowest BCUT2D eigenvalue weighted by Crippen LogP contribution is -2.43. The fourth-order valence-corrected chi connectivity index (χ4v) is 2.42. The molecule has 26 heavy (non-hydrogen) atoms. The Morgan fingerprint density at radius 3 is 2.27 bits per heavy atom. The van der Waals surface area contributed by atoms with Gasteiger partial charge in [-0.3, -0.25) is 20.4 Å². The van der Waals surface area contributed by atoms with Crippen LogP contribution >= 0.6 is 0 Å². The van der Waals surface area contributed by atoms with Crippen molar-refractivity contribution in [2.75, 3.05) is 6.61 Å². The summed E-state index contributed by atoms with van der Waals surface area (Å²) in [7, 11) is 0. The van der Waals surface area contributed by atoms with E-state index in [0.717, 1.165) is 12.0 Å². The maximum atomic E-state index is 11.8. The largest absolute Gasteiger partial charge is 0.484 e. The summed E-state index contributed by atoms with van der Waals surface area (Å²) in [5.74, 6) is 0.491. The van der Waals surface area contributed by atoms with E-state index in [-0.39, 0.29) is 12.5 Å². The second-order valence-electron chi connectivity index (χ2n) is 6.25. The van der Waals surface area contributed by atoms with Crippen molar-refractivity contribution in [2.24, 2.45) is 0 Å². The third-order valence-corrected chi connectivity index (χ3v) is 4.26. The molecule has 138 valence electrons. The molecule has 0 saturated heterocycles. The molecule has 0 fully saturated rings. The molecule has 0 aromatic heterocycles. The van der Waals surface area contributed by atoms with Crippen LogP contribution in [0, 0.1) is 0 Å². The van der Waals surface area contributed by atoms with Crippen LogP contribution in [0.3, 0.4) is 0 Å². The SMILES string of the molecule is CCC(C)c1ccc(OCC(=O)NNC(=O)CCc2ccccc2)cc1. The van der Waals surface area contributed by atoms with Crippen molar-refractivity contribution >= 4 is 11.8 Å². The molecule has 2 aromatic carbocycles. The number of hydrogen-bond acceptors (Lipinski definition) is 3. The lowest BCUT2D eigenvalue weighted by Gasteiger charge is -2.11. The predicted octanol–water partition coefficient (Wildman–Crippen LogP) is 3.36. The van der Waals surface area contributed by atoms with Crippen molar-refractivity contribution in [2.45, 2.75) is 39.0 Å². The molecule has 2 amide bonds. The summed E-state index contributed by atoms with van der Waals surface area (Å²) in [5, 5.41) is 0. The number of ether oxygens (including phenoxy) is 1. The zero-order valence-electron chi connectivity index (χ0n) is 15.3. The molecule has 2 rings (SSSR count). The number of rotatable bonds is 8. The zero-order chi connectivity index (χ0) is 18.8. The first kappa shape index (κ1) is 19.5. The lowest BCUT2D eigenvalue weighted by atomic mass is 9.99. The van der Waals surface area contributed by atoms with E-state index in [2.05, 4.69) is 24.7 Å². The fraction of sp³-hybridized carbons (Fsp3) is 0.333. The van der Waals surface area contributed by atoms with Gasteiger partial charge in [-0.25, -0.2) is 0 Å². The Morgan fingerprint density at radius 1 is 0.962 bits per heavy atom. The number of carbonyl (C=O) groups is 2. The van der Waals surface area contributed by atoms with E-state index in [1.54, 1.807) is 0 Å². The number of aryl methyl sites for hydroxylation is 1. The summed E-state index contributed by atoms with van der Waals surface area (Å²) in [6, 6.07) is 17.4. The summed E-state index contributed by atoms with van der Waals surface area (Å²) >= 11 is 0. The second-order valence-corrected chi connectivity index (χ2v) is 6.25. The van der Waals surface area contributed by atoms with Crippen LogP contribution in [0.1, 0.15) is 43.7 Å². The average molecular weight is 354 g/mol. The Kier molecular flexibility index (Phi) is 7.68. The van der Waals surface area contributed by atoms with Crippen molar-refractivity contribution in [3.05, 3.63) is 65.7 Å². The van der Waals surface area contributed by atoms with Gasteiger partial charge in [-0.2, -0.15) is 0 Å². The summed E-state index contributed by atoms with van der Waals surface area (Å²) < 4.78 is 5.43. The first-order chi connectivity index (χ1) is 12.6. The number of nitrogens with one attached hydrogen (secondary N) is 2. The standard InChI is InChI=1S/C21H26N2O3/c1-3-16(2)18-10-12-19(13-11-18)26-15-21(25)23-22-20(24)14-9-17-7-5-4-6-8-17/h4-8,10-13,16H,3,9,14-15H2,1-2H3,(H,22,24)(H,23,25). The normalized spacial score (nSPS) is 11.5. The van der Waals surface area contributed by atoms with E-state index in [4.69, 9.17) is 4.74 Å². The first-order valence-electron chi connectivity index (χ1n) is 8.93. The second kappa shape index (κ2) is 10.2. The van der Waals surface area contributed by atoms with Crippen LogP contribution in [0.5, 0.6) is 5.75 Å². The molecule has 0 spiro atoms. The van der Waals surface area contributed by atoms with Gasteiger partial charge in [-0.05, 0) is 42.0 Å². The van der Waals surface area contributed by atoms with E-state index in [0.29, 0.717) is 24.5 Å². The molecule has 0 heterocycles. The van der Waals surface area contributed by atoms with Gasteiger partial charge >= 0.3 is 0 Å². The van der Waals surface area contributed by atoms with E-state index in [9.17, 15) is 9.59 Å². The Hall–Kier alpha value is -2.82. The van der Waals surface area contributed by atoms with Gasteiger partial charge in [0.05, 0.1) is 0 Å². The van der Waals surface area contributed by atoms with Crippen molar-refractivity contribution < 1.29 is 14.3 Å². The Labute approximate surface area is 154 Å². The van der Waals surface area contributed by atoms with E-state index < -0.39 is 5.91 Å². The number of hydrazine groups is 1. The molecule has 1 unspecified atom stereocenters. The molecule has 2 N–H and O–H groups in total. The van der Waals surface area contributed by atoms with Gasteiger partial charge in [-0.15, -0.1) is 0 Å². The fourth-order valence-electron chi connectivity index (χ4n) is 2.42. The highest BCUT2D eigenvalue weighted by molar-refractivity contribution is 5.82. The molecule has 0 aliphatic heterocycles. The van der Waals surface area contributed by atoms with Gasteiger partial charge in [0.2, 0.25) is 5.91 Å². The van der Waals surface area contributed by atoms with Gasteiger partial charge < -0.3 is 4.74 Å². The molecule has 0 bridgehead atoms. The van der Waals surface area contributed by atoms with Crippen LogP contribution < -0.4 is 15.6 Å². The molecule has 0 aliphatic rings. The number of hydrogen-bond donors (Lipinski definition) is 2. The minimum absolute atomic E-state index is 0.151. The first-order valence-corrected chi connectivity index (χ1v) is 8.93. The molecule has 5 nitrogen and oxygen atoms in total. The summed E-state index contributed by atoms with van der Waals surface area (Å²) in [6.07, 6.45) is 2.01. The van der Waals surface area contributed by atoms with Crippen molar-refractivity contribution in [1.29, 1.82) is 0 Å². The Morgan fingerprint density at radius 2 is 1.62 bits per heavy atom. The van der Waals surface area contributed by atoms with Crippen molar-refractivity contribution in [3.63, 3.8) is 0 Å². The molecule has 5 heteroatoms. The van der Waals surface area contributed by atoms with Crippen LogP contribution in [0.4, 0.5) is 0 Å². The van der Waals surface area contributed by atoms with E-state index in [1.165, 1.54) is 5.56 Å². The highest BCUT2D eigenvalue weighted by Crippen LogP contribution is 2.21. The molecular formula is C21H26N2O3. The minimum Gasteiger partial charge on any atom is -0.484 e. The minimum atomic E-state index is -0.399. The summed E-state index contributed by atoms with van der Waals surface area (Å²) in [5.41, 5.74) is 7.09. The average Bonchev–Trinajstić information content (AvgIpc) is 2.69. The number of carbonyl (C=O) groups excluding carboxylic acids is 2. The quantitative estimate of drug-likeness (QED) is 0.714. The highest BCUT2D eigenvalue weighted by atomic mass is 16.5. The van der Waals surface area contributed by atoms with Crippen LogP contribution in [0.2, 0.25) is 0 Å². The van der Waals surface area contributed by atoms with Crippen LogP contribution in [0.25, 0.3) is 0 Å². The van der Waals surface area contributed by atoms with Gasteiger partial charge in [0.25, 0.3) is 5.91 Å². The van der Waals surface area contributed by atoms with E-state index in [1.807, 2.05) is 54.6 Å². The topological polar surface area (TPSA) is 67.4 Å². The third kappa shape index (κ3) is 6.59. The van der Waals surface area contributed by atoms with Gasteiger partial charge in [0.15, 0.2) is 6.61 Å². The maximum absolute atomic E-state index is 11.8. The van der Waals surface area contributed by atoms with E-state index >= 15 is 0 Å². The smallest absolute Gasteiger partial charge is 0.276 e. The van der Waals surface area contributed by atoms with Gasteiger partial charge in [-0.1, -0.05) is 56.3 Å². The number of amides is 2. The molecule has 0 radical (unpaired) electrons. The van der Waals surface area contributed by atoms with Gasteiger partial charge in [0.1, 0.15) is 5.75 Å². The summed E-state index contributed by atoms with van der Waals surface area (Å²) in [6.45, 7) is 4.17. The van der Waals surface area contributed by atoms with Crippen molar-refractivity contribution in [1.82, 2.24) is 10.9 Å². The predicted molar refractivity (Wildman–Crippen MR) is 102 cm³/mol. The molecular weight excluding hydrogens is 328 g/mol. The number of benzene rings is 2. The monoisotopic (exact) mass is 354 g/mol. The van der Waals surface area contributed by atoms with Crippen LogP contribution in [-0.4, -0.2) is 18.4 Å². The van der Waals surface area contributed by atoms with Crippen molar-refractivity contribution in [3.8, 4) is 5.75 Å². The maximum Gasteiger partial charge on any atom is 0.276 e. The molecule has 0 saturated carbocycles. The molecule has 2 aromatic rings. The van der Waals surface area contributed by atoms with Crippen LogP contribution in [0.15, 0.2) is 54.6 Å². The van der Waals surface area contributed by atoms with Gasteiger partial charge in [0, 0.05) is 6.42 Å². The summed E-state index contributed by atoms with van der Waals surface area (Å²) in [4.78, 5) is 23.5.